The van der Waals surface area contributed by atoms with E-state index in [4.69, 9.17) is 9.94 Å². The van der Waals surface area contributed by atoms with Gasteiger partial charge in [-0.3, -0.25) is 0 Å². The van der Waals surface area contributed by atoms with Crippen molar-refractivity contribution in [2.75, 3.05) is 19.7 Å². The van der Waals surface area contributed by atoms with E-state index in [-0.39, 0.29) is 6.10 Å². The second-order valence-electron chi connectivity index (χ2n) is 2.45. The number of nitrogens with zero attached hydrogens (tertiary/aromatic N) is 1. The van der Waals surface area contributed by atoms with Crippen molar-refractivity contribution in [3.8, 4) is 0 Å². The van der Waals surface area contributed by atoms with Crippen molar-refractivity contribution in [1.29, 1.82) is 0 Å². The number of hydroxylamine groups is 2. The smallest absolute Gasteiger partial charge is 0.0742 e. The molecule has 3 nitrogen and oxygen atoms in total. The van der Waals surface area contributed by atoms with Gasteiger partial charge in [0.1, 0.15) is 0 Å². The summed E-state index contributed by atoms with van der Waals surface area (Å²) in [5.41, 5.74) is 0. The van der Waals surface area contributed by atoms with Crippen molar-refractivity contribution >= 4 is 0 Å². The molecule has 1 heterocycles. The Morgan fingerprint density at radius 2 is 2.60 bits per heavy atom. The lowest BCUT2D eigenvalue weighted by Crippen LogP contribution is -2.19. The lowest BCUT2D eigenvalue weighted by atomic mass is 10.3. The second-order valence-corrected chi connectivity index (χ2v) is 2.45. The van der Waals surface area contributed by atoms with Crippen LogP contribution < -0.4 is 0 Å². The predicted octanol–water partition coefficient (Wildman–Crippen LogP) is 0.653. The molecule has 1 atom stereocenters. The molecular formula is C7H13NO2. The molecule has 1 aliphatic heterocycles. The van der Waals surface area contributed by atoms with Crippen molar-refractivity contribution < 1.29 is 9.94 Å². The molecule has 3 heteroatoms. The van der Waals surface area contributed by atoms with E-state index in [1.54, 1.807) is 6.08 Å². The molecule has 10 heavy (non-hydrogen) atoms. The van der Waals surface area contributed by atoms with Crippen LogP contribution in [0.15, 0.2) is 12.7 Å². The minimum Gasteiger partial charge on any atom is -0.373 e. The molecule has 1 saturated heterocycles. The van der Waals surface area contributed by atoms with Gasteiger partial charge in [-0.05, 0) is 6.42 Å². The van der Waals surface area contributed by atoms with Crippen LogP contribution in [-0.4, -0.2) is 36.1 Å². The molecule has 0 radical (unpaired) electrons. The van der Waals surface area contributed by atoms with Crippen LogP contribution in [0.3, 0.4) is 0 Å². The fraction of sp³-hybridized carbons (Fsp3) is 0.714. The summed E-state index contributed by atoms with van der Waals surface area (Å²) in [6.45, 7) is 5.48. The molecule has 0 spiro atoms. The molecule has 0 aliphatic carbocycles. The SMILES string of the molecule is C=CCO[C@H]1CCN(O)C1. The van der Waals surface area contributed by atoms with Gasteiger partial charge in [-0.15, -0.1) is 6.58 Å². The first kappa shape index (κ1) is 7.72. The first-order valence-electron chi connectivity index (χ1n) is 3.49. The van der Waals surface area contributed by atoms with Gasteiger partial charge in [0.2, 0.25) is 0 Å². The molecule has 0 aromatic heterocycles. The van der Waals surface area contributed by atoms with Gasteiger partial charge in [0.15, 0.2) is 0 Å². The van der Waals surface area contributed by atoms with E-state index in [1.165, 1.54) is 5.06 Å². The van der Waals surface area contributed by atoms with Crippen molar-refractivity contribution in [2.24, 2.45) is 0 Å². The molecule has 1 rings (SSSR count). The highest BCUT2D eigenvalue weighted by Crippen LogP contribution is 2.09. The molecular weight excluding hydrogens is 130 g/mol. The van der Waals surface area contributed by atoms with Crippen LogP contribution in [-0.2, 0) is 4.74 Å². The van der Waals surface area contributed by atoms with Gasteiger partial charge in [0.05, 0.1) is 19.3 Å². The molecule has 0 amide bonds. The van der Waals surface area contributed by atoms with Gasteiger partial charge in [0.25, 0.3) is 0 Å². The quantitative estimate of drug-likeness (QED) is 0.589. The Kier molecular flexibility index (Phi) is 2.86. The summed E-state index contributed by atoms with van der Waals surface area (Å²) in [6, 6.07) is 0. The van der Waals surface area contributed by atoms with Crippen LogP contribution in [0.4, 0.5) is 0 Å². The minimum absolute atomic E-state index is 0.197. The van der Waals surface area contributed by atoms with Crippen molar-refractivity contribution in [3.63, 3.8) is 0 Å². The van der Waals surface area contributed by atoms with E-state index in [0.717, 1.165) is 13.0 Å². The molecule has 0 unspecified atom stereocenters. The largest absolute Gasteiger partial charge is 0.373 e. The Bertz CT molecular complexity index is 116. The molecule has 0 aromatic carbocycles. The van der Waals surface area contributed by atoms with Gasteiger partial charge in [0, 0.05) is 6.54 Å². The molecule has 0 aromatic rings. The zero-order chi connectivity index (χ0) is 7.40. The first-order chi connectivity index (χ1) is 4.83. The fourth-order valence-electron chi connectivity index (χ4n) is 1.05. The zero-order valence-electron chi connectivity index (χ0n) is 5.99. The van der Waals surface area contributed by atoms with E-state index in [9.17, 15) is 0 Å². The van der Waals surface area contributed by atoms with Crippen LogP contribution in [0.25, 0.3) is 0 Å². The second kappa shape index (κ2) is 3.71. The van der Waals surface area contributed by atoms with E-state index >= 15 is 0 Å². The first-order valence-corrected chi connectivity index (χ1v) is 3.49. The normalized spacial score (nSPS) is 27.1. The predicted molar refractivity (Wildman–Crippen MR) is 37.9 cm³/mol. The average molecular weight is 143 g/mol. The van der Waals surface area contributed by atoms with Crippen LogP contribution in [0.5, 0.6) is 0 Å². The van der Waals surface area contributed by atoms with Crippen LogP contribution in [0.1, 0.15) is 6.42 Å². The Labute approximate surface area is 60.9 Å². The van der Waals surface area contributed by atoms with Crippen LogP contribution in [0.2, 0.25) is 0 Å². The summed E-state index contributed by atoms with van der Waals surface area (Å²) in [5, 5.41) is 10.2. The van der Waals surface area contributed by atoms with Crippen LogP contribution >= 0.6 is 0 Å². The molecule has 1 aliphatic rings. The summed E-state index contributed by atoms with van der Waals surface area (Å²) in [4.78, 5) is 0. The molecule has 0 saturated carbocycles. The monoisotopic (exact) mass is 143 g/mol. The van der Waals surface area contributed by atoms with E-state index in [0.29, 0.717) is 13.2 Å². The number of hydrogen-bond donors (Lipinski definition) is 1. The molecule has 1 N–H and O–H groups in total. The number of hydrogen-bond acceptors (Lipinski definition) is 3. The Hall–Kier alpha value is -0.380. The maximum atomic E-state index is 8.93. The van der Waals surface area contributed by atoms with Gasteiger partial charge in [-0.1, -0.05) is 6.08 Å². The summed E-state index contributed by atoms with van der Waals surface area (Å²) in [5.74, 6) is 0. The zero-order valence-corrected chi connectivity index (χ0v) is 5.99. The highest BCUT2D eigenvalue weighted by atomic mass is 16.5. The van der Waals surface area contributed by atoms with Crippen molar-refractivity contribution in [3.05, 3.63) is 12.7 Å². The molecule has 1 fully saturated rings. The van der Waals surface area contributed by atoms with E-state index in [1.807, 2.05) is 0 Å². The van der Waals surface area contributed by atoms with Crippen molar-refractivity contribution in [2.45, 2.75) is 12.5 Å². The maximum Gasteiger partial charge on any atom is 0.0742 e. The van der Waals surface area contributed by atoms with E-state index in [2.05, 4.69) is 6.58 Å². The number of rotatable bonds is 3. The van der Waals surface area contributed by atoms with Crippen molar-refractivity contribution in [1.82, 2.24) is 5.06 Å². The Morgan fingerprint density at radius 1 is 1.80 bits per heavy atom. The highest BCUT2D eigenvalue weighted by Gasteiger charge is 2.20. The third-order valence-electron chi connectivity index (χ3n) is 1.57. The molecule has 58 valence electrons. The highest BCUT2D eigenvalue weighted by molar-refractivity contribution is 4.73. The lowest BCUT2D eigenvalue weighted by molar-refractivity contribution is -0.0800. The average Bonchev–Trinajstić information content (AvgIpc) is 2.31. The standard InChI is InChI=1S/C7H13NO2/c1-2-5-10-7-3-4-8(9)6-7/h2,7,9H,1,3-6H2/t7-/m0/s1. The number of ether oxygens (including phenoxy) is 1. The summed E-state index contributed by atoms with van der Waals surface area (Å²) in [6.07, 6.45) is 2.84. The molecule has 0 bridgehead atoms. The third-order valence-corrected chi connectivity index (χ3v) is 1.57. The maximum absolute atomic E-state index is 8.93. The summed E-state index contributed by atoms with van der Waals surface area (Å²) in [7, 11) is 0. The fourth-order valence-corrected chi connectivity index (χ4v) is 1.05. The third kappa shape index (κ3) is 2.10. The van der Waals surface area contributed by atoms with Gasteiger partial charge < -0.3 is 9.94 Å². The summed E-state index contributed by atoms with van der Waals surface area (Å²) < 4.78 is 5.30. The van der Waals surface area contributed by atoms with Gasteiger partial charge in [-0.2, -0.15) is 5.06 Å². The Balaban J connectivity index is 2.12. The lowest BCUT2D eigenvalue weighted by Gasteiger charge is -2.08. The van der Waals surface area contributed by atoms with Crippen LogP contribution in [0, 0.1) is 0 Å². The Morgan fingerprint density at radius 3 is 3.10 bits per heavy atom. The summed E-state index contributed by atoms with van der Waals surface area (Å²) >= 11 is 0. The van der Waals surface area contributed by atoms with Gasteiger partial charge >= 0.3 is 0 Å². The van der Waals surface area contributed by atoms with E-state index < -0.39 is 0 Å². The topological polar surface area (TPSA) is 32.7 Å². The minimum atomic E-state index is 0.197. The van der Waals surface area contributed by atoms with Gasteiger partial charge in [-0.25, -0.2) is 0 Å².